The van der Waals surface area contributed by atoms with Crippen molar-refractivity contribution < 1.29 is 18.0 Å². The van der Waals surface area contributed by atoms with Gasteiger partial charge in [0.2, 0.25) is 5.91 Å². The molecule has 0 aromatic carbocycles. The fourth-order valence-corrected chi connectivity index (χ4v) is 4.09. The van der Waals surface area contributed by atoms with Crippen LogP contribution in [0.3, 0.4) is 0 Å². The third-order valence-electron chi connectivity index (χ3n) is 5.93. The number of nitrogens with zero attached hydrogens (tertiary/aromatic N) is 4. The standard InChI is InChI=1S/C26H43F3N6O/c1-5-12-21(13-6-2)34-20(4)23(7-3)32-18-22(26(27,28)29)25(33-19-30)31-15-11-17-35-16-10-8-9-14-24(35)36/h7,18-19,21,32H,5-6,8-17H2,1-4H3,(H2,30,31,33)/b22-18+,23-7+,34-20?. The number of hydrogen-bond donors (Lipinski definition) is 2. The Labute approximate surface area is 213 Å². The zero-order valence-corrected chi connectivity index (χ0v) is 22.2. The molecule has 0 aromatic rings. The molecular formula is C26H43F3N6O. The molecule has 0 unspecified atom stereocenters. The highest BCUT2D eigenvalue weighted by Crippen LogP contribution is 2.27. The molecule has 0 saturated carbocycles. The molecule has 1 heterocycles. The summed E-state index contributed by atoms with van der Waals surface area (Å²) in [5, 5.41) is 2.76. The van der Waals surface area contributed by atoms with Crippen LogP contribution in [0.15, 0.2) is 38.5 Å². The largest absolute Gasteiger partial charge is 0.421 e. The summed E-state index contributed by atoms with van der Waals surface area (Å²) in [4.78, 5) is 26.4. The van der Waals surface area contributed by atoms with Crippen LogP contribution in [0, 0.1) is 0 Å². The lowest BCUT2D eigenvalue weighted by Gasteiger charge is -2.20. The smallest absolute Gasteiger partial charge is 0.390 e. The molecular weight excluding hydrogens is 469 g/mol. The first kappa shape index (κ1) is 31.4. The van der Waals surface area contributed by atoms with Gasteiger partial charge in [-0.1, -0.05) is 39.2 Å². The topological polar surface area (TPSA) is 95.4 Å². The van der Waals surface area contributed by atoms with Crippen molar-refractivity contribution in [3.63, 3.8) is 0 Å². The lowest BCUT2D eigenvalue weighted by molar-refractivity contribution is -0.130. The van der Waals surface area contributed by atoms with E-state index in [4.69, 9.17) is 10.7 Å². The number of nitrogens with one attached hydrogen (secondary N) is 1. The van der Waals surface area contributed by atoms with Crippen molar-refractivity contribution in [2.45, 2.75) is 97.7 Å². The number of alkyl halides is 3. The Bertz CT molecular complexity index is 824. The first-order valence-corrected chi connectivity index (χ1v) is 13.0. The highest BCUT2D eigenvalue weighted by atomic mass is 19.4. The normalized spacial score (nSPS) is 17.3. The Morgan fingerprint density at radius 2 is 1.89 bits per heavy atom. The Hall–Kier alpha value is -2.65. The summed E-state index contributed by atoms with van der Waals surface area (Å²) in [7, 11) is 0. The van der Waals surface area contributed by atoms with Gasteiger partial charge in [-0.2, -0.15) is 13.2 Å². The number of carbonyl (C=O) groups is 1. The van der Waals surface area contributed by atoms with Gasteiger partial charge in [-0.25, -0.2) is 4.99 Å². The number of allylic oxidation sites excluding steroid dienone is 2. The van der Waals surface area contributed by atoms with Gasteiger partial charge in [-0.05, 0) is 46.0 Å². The molecule has 1 amide bonds. The van der Waals surface area contributed by atoms with E-state index in [-0.39, 0.29) is 18.5 Å². The number of nitrogens with two attached hydrogens (primary N) is 1. The molecule has 3 N–H and O–H groups in total. The number of carbonyl (C=O) groups excluding carboxylic acids is 1. The van der Waals surface area contributed by atoms with Gasteiger partial charge < -0.3 is 16.0 Å². The quantitative estimate of drug-likeness (QED) is 0.193. The van der Waals surface area contributed by atoms with Crippen molar-refractivity contribution in [1.82, 2.24) is 10.2 Å². The Kier molecular flexibility index (Phi) is 14.7. The van der Waals surface area contributed by atoms with E-state index in [1.54, 1.807) is 24.8 Å². The molecule has 0 radical (unpaired) electrons. The minimum absolute atomic E-state index is 0.0905. The second kappa shape index (κ2) is 16.9. The molecule has 1 rings (SSSR count). The van der Waals surface area contributed by atoms with Crippen molar-refractivity contribution in [2.75, 3.05) is 19.6 Å². The molecule has 10 heteroatoms. The van der Waals surface area contributed by atoms with Gasteiger partial charge in [0.15, 0.2) is 5.84 Å². The minimum atomic E-state index is -4.70. The van der Waals surface area contributed by atoms with Crippen LogP contribution in [0.2, 0.25) is 0 Å². The van der Waals surface area contributed by atoms with E-state index in [1.807, 2.05) is 0 Å². The van der Waals surface area contributed by atoms with Gasteiger partial charge in [-0.3, -0.25) is 14.8 Å². The predicted octanol–water partition coefficient (Wildman–Crippen LogP) is 5.53. The number of amidine groups is 1. The van der Waals surface area contributed by atoms with Crippen molar-refractivity contribution in [1.29, 1.82) is 0 Å². The highest BCUT2D eigenvalue weighted by molar-refractivity contribution is 6.03. The molecule has 1 saturated heterocycles. The van der Waals surface area contributed by atoms with Crippen LogP contribution in [0.4, 0.5) is 13.2 Å². The maximum atomic E-state index is 13.9. The summed E-state index contributed by atoms with van der Waals surface area (Å²) in [6.07, 6.45) is 6.29. The van der Waals surface area contributed by atoms with Gasteiger partial charge in [0.25, 0.3) is 0 Å². The van der Waals surface area contributed by atoms with Crippen LogP contribution < -0.4 is 11.1 Å². The fourth-order valence-electron chi connectivity index (χ4n) is 4.09. The maximum absolute atomic E-state index is 13.9. The molecule has 1 aliphatic heterocycles. The molecule has 0 aromatic heterocycles. The molecule has 0 aliphatic carbocycles. The lowest BCUT2D eigenvalue weighted by Crippen LogP contribution is -2.31. The van der Waals surface area contributed by atoms with Crippen molar-refractivity contribution in [2.24, 2.45) is 20.7 Å². The van der Waals surface area contributed by atoms with E-state index in [2.05, 4.69) is 29.1 Å². The molecule has 0 atom stereocenters. The van der Waals surface area contributed by atoms with Crippen LogP contribution in [0.1, 0.15) is 85.5 Å². The first-order chi connectivity index (χ1) is 17.2. The lowest BCUT2D eigenvalue weighted by atomic mass is 10.1. The van der Waals surface area contributed by atoms with Crippen LogP contribution in [-0.4, -0.2) is 60.5 Å². The summed E-state index contributed by atoms with van der Waals surface area (Å²) < 4.78 is 41.8. The summed E-state index contributed by atoms with van der Waals surface area (Å²) in [6, 6.07) is 0.137. The van der Waals surface area contributed by atoms with Gasteiger partial charge in [0, 0.05) is 32.3 Å². The predicted molar refractivity (Wildman–Crippen MR) is 142 cm³/mol. The SMILES string of the molecule is C/C=C(/N/C=C(\C(N=CN)=NCCCN1CCCCCC1=O)C(F)(F)F)C(C)=NC(CCC)CCC. The maximum Gasteiger partial charge on any atom is 0.421 e. The first-order valence-electron chi connectivity index (χ1n) is 13.0. The van der Waals surface area contributed by atoms with E-state index in [9.17, 15) is 18.0 Å². The number of aliphatic imine (C=N–C) groups is 3. The van der Waals surface area contributed by atoms with Crippen molar-refractivity contribution >= 4 is 23.8 Å². The van der Waals surface area contributed by atoms with Gasteiger partial charge in [-0.15, -0.1) is 0 Å². The van der Waals surface area contributed by atoms with E-state index in [0.29, 0.717) is 37.3 Å². The van der Waals surface area contributed by atoms with Gasteiger partial charge in [0.05, 0.1) is 23.8 Å². The van der Waals surface area contributed by atoms with Crippen molar-refractivity contribution in [3.05, 3.63) is 23.5 Å². The number of likely N-dealkylation sites (tertiary alicyclic amines) is 1. The molecule has 0 spiro atoms. The fraction of sp³-hybridized carbons (Fsp3) is 0.692. The van der Waals surface area contributed by atoms with Crippen LogP contribution in [0.25, 0.3) is 0 Å². The van der Waals surface area contributed by atoms with E-state index >= 15 is 0 Å². The van der Waals surface area contributed by atoms with Crippen LogP contribution in [0.5, 0.6) is 0 Å². The molecule has 204 valence electrons. The van der Waals surface area contributed by atoms with Gasteiger partial charge in [0.1, 0.15) is 5.57 Å². The summed E-state index contributed by atoms with van der Waals surface area (Å²) >= 11 is 0. The second-order valence-electron chi connectivity index (χ2n) is 8.88. The Balaban J connectivity index is 3.03. The number of hydrogen-bond acceptors (Lipinski definition) is 4. The molecule has 36 heavy (non-hydrogen) atoms. The zero-order valence-electron chi connectivity index (χ0n) is 22.2. The number of amides is 1. The number of rotatable bonds is 13. The molecule has 0 bridgehead atoms. The molecule has 7 nitrogen and oxygen atoms in total. The van der Waals surface area contributed by atoms with Gasteiger partial charge >= 0.3 is 6.18 Å². The third-order valence-corrected chi connectivity index (χ3v) is 5.93. The summed E-state index contributed by atoms with van der Waals surface area (Å²) in [5.41, 5.74) is 5.45. The second-order valence-corrected chi connectivity index (χ2v) is 8.88. The monoisotopic (exact) mass is 512 g/mol. The van der Waals surface area contributed by atoms with Crippen LogP contribution >= 0.6 is 0 Å². The minimum Gasteiger partial charge on any atom is -0.390 e. The van der Waals surface area contributed by atoms with Crippen molar-refractivity contribution in [3.8, 4) is 0 Å². The Morgan fingerprint density at radius 3 is 2.47 bits per heavy atom. The highest BCUT2D eigenvalue weighted by Gasteiger charge is 2.37. The summed E-state index contributed by atoms with van der Waals surface area (Å²) in [6.45, 7) is 8.94. The summed E-state index contributed by atoms with van der Waals surface area (Å²) in [5.74, 6) is -0.410. The average Bonchev–Trinajstić information content (AvgIpc) is 3.02. The van der Waals surface area contributed by atoms with E-state index < -0.39 is 17.6 Å². The molecule has 1 aliphatic rings. The van der Waals surface area contributed by atoms with Crippen LogP contribution in [-0.2, 0) is 4.79 Å². The zero-order chi connectivity index (χ0) is 27.0. The molecule has 1 fully saturated rings. The third kappa shape index (κ3) is 11.4. The average molecular weight is 513 g/mol. The van der Waals surface area contributed by atoms with E-state index in [1.165, 1.54) is 0 Å². The number of halogens is 3. The Morgan fingerprint density at radius 1 is 1.19 bits per heavy atom. The van der Waals surface area contributed by atoms with E-state index in [0.717, 1.165) is 57.5 Å².